The molecule has 0 amide bonds. The fraction of sp³-hybridized carbons (Fsp3) is 0.357. The van der Waals surface area contributed by atoms with E-state index in [4.69, 9.17) is 15.3 Å². The lowest BCUT2D eigenvalue weighted by atomic mass is 10.2. The van der Waals surface area contributed by atoms with Gasteiger partial charge in [0.2, 0.25) is 0 Å². The van der Waals surface area contributed by atoms with Crippen molar-refractivity contribution in [2.45, 2.75) is 20.8 Å². The molecule has 0 radical (unpaired) electrons. The zero-order chi connectivity index (χ0) is 15.9. The summed E-state index contributed by atoms with van der Waals surface area (Å²) in [5, 5.41) is 11.8. The lowest BCUT2D eigenvalue weighted by molar-refractivity contribution is 0.288. The van der Waals surface area contributed by atoms with Crippen molar-refractivity contribution in [1.29, 1.82) is 0 Å². The number of nitrogens with two attached hydrogens (primary N) is 1. The Morgan fingerprint density at radius 1 is 1.23 bits per heavy atom. The molecule has 22 heavy (non-hydrogen) atoms. The van der Waals surface area contributed by atoms with Crippen molar-refractivity contribution in [2.24, 2.45) is 5.10 Å². The predicted molar refractivity (Wildman–Crippen MR) is 84.9 cm³/mol. The van der Waals surface area contributed by atoms with Crippen LogP contribution >= 0.6 is 0 Å². The first-order valence-electron chi connectivity index (χ1n) is 7.01. The number of hydrazone groups is 1. The van der Waals surface area contributed by atoms with Gasteiger partial charge < -0.3 is 15.3 Å². The van der Waals surface area contributed by atoms with E-state index in [1.54, 1.807) is 13.1 Å². The molecule has 0 saturated carbocycles. The van der Waals surface area contributed by atoms with Crippen LogP contribution in [-0.2, 0) is 0 Å². The molecule has 3 N–H and O–H groups in total. The molecule has 0 fully saturated rings. The van der Waals surface area contributed by atoms with Crippen molar-refractivity contribution >= 4 is 12.2 Å². The Bertz CT molecular complexity index is 653. The summed E-state index contributed by atoms with van der Waals surface area (Å²) in [6.07, 6.45) is 1.64. The number of ether oxygens (including phenoxy) is 2. The number of nitrogens with one attached hydrogen (secondary N) is 1. The number of nitrogens with zero attached hydrogens (tertiary/aromatic N) is 4. The topological polar surface area (TPSA) is 99.6 Å². The number of rotatable bonds is 7. The van der Waals surface area contributed by atoms with E-state index in [0.717, 1.165) is 5.56 Å². The molecule has 8 heteroatoms. The molecule has 118 valence electrons. The third-order valence-electron chi connectivity index (χ3n) is 2.81. The first-order valence-corrected chi connectivity index (χ1v) is 7.01. The highest BCUT2D eigenvalue weighted by Crippen LogP contribution is 2.27. The highest BCUT2D eigenvalue weighted by atomic mass is 16.5. The number of aryl methyl sites for hydroxylation is 1. The van der Waals surface area contributed by atoms with Gasteiger partial charge in [-0.3, -0.25) is 0 Å². The van der Waals surface area contributed by atoms with Gasteiger partial charge in [-0.1, -0.05) is 0 Å². The molecule has 0 saturated heterocycles. The molecule has 2 rings (SSSR count). The fourth-order valence-corrected chi connectivity index (χ4v) is 1.76. The van der Waals surface area contributed by atoms with Gasteiger partial charge in [-0.05, 0) is 44.5 Å². The van der Waals surface area contributed by atoms with E-state index in [0.29, 0.717) is 36.5 Å². The van der Waals surface area contributed by atoms with Crippen LogP contribution in [0.4, 0.5) is 5.95 Å². The van der Waals surface area contributed by atoms with Gasteiger partial charge in [0, 0.05) is 0 Å². The van der Waals surface area contributed by atoms with Crippen LogP contribution in [0.3, 0.4) is 0 Å². The van der Waals surface area contributed by atoms with Gasteiger partial charge in [0.25, 0.3) is 5.95 Å². The van der Waals surface area contributed by atoms with E-state index >= 15 is 0 Å². The molecular formula is C14H20N6O2. The van der Waals surface area contributed by atoms with Crippen molar-refractivity contribution in [3.8, 4) is 11.5 Å². The molecule has 1 heterocycles. The van der Waals surface area contributed by atoms with Crippen molar-refractivity contribution in [2.75, 3.05) is 24.5 Å². The van der Waals surface area contributed by atoms with Gasteiger partial charge in [-0.15, -0.1) is 10.2 Å². The molecule has 8 nitrogen and oxygen atoms in total. The van der Waals surface area contributed by atoms with Crippen LogP contribution in [0.1, 0.15) is 25.2 Å². The van der Waals surface area contributed by atoms with Crippen molar-refractivity contribution in [3.05, 3.63) is 29.6 Å². The standard InChI is InChI=1S/C14H20N6O2/c1-4-21-12-7-6-11(8-13(12)22-5-2)9-16-18-14-19-17-10(3)20(14)15/h6-9H,4-5,15H2,1-3H3,(H,18,19)/b16-9+. The van der Waals surface area contributed by atoms with Crippen LogP contribution in [0.25, 0.3) is 0 Å². The number of anilines is 1. The fourth-order valence-electron chi connectivity index (χ4n) is 1.76. The largest absolute Gasteiger partial charge is 0.490 e. The minimum absolute atomic E-state index is 0.365. The molecule has 0 atom stereocenters. The summed E-state index contributed by atoms with van der Waals surface area (Å²) in [5.41, 5.74) is 3.60. The predicted octanol–water partition coefficient (Wildman–Crippen LogP) is 1.54. The monoisotopic (exact) mass is 304 g/mol. The molecule has 0 bridgehead atoms. The second-order valence-electron chi connectivity index (χ2n) is 4.38. The molecular weight excluding hydrogens is 284 g/mol. The lowest BCUT2D eigenvalue weighted by Gasteiger charge is -2.11. The average molecular weight is 304 g/mol. The maximum atomic E-state index is 5.72. The van der Waals surface area contributed by atoms with Crippen LogP contribution in [0, 0.1) is 6.92 Å². The minimum atomic E-state index is 0.365. The Balaban J connectivity index is 2.10. The Morgan fingerprint density at radius 3 is 2.59 bits per heavy atom. The van der Waals surface area contributed by atoms with Crippen LogP contribution < -0.4 is 20.7 Å². The lowest BCUT2D eigenvalue weighted by Crippen LogP contribution is -2.13. The summed E-state index contributed by atoms with van der Waals surface area (Å²) < 4.78 is 12.4. The minimum Gasteiger partial charge on any atom is -0.490 e. The van der Waals surface area contributed by atoms with Crippen LogP contribution in [0.2, 0.25) is 0 Å². The van der Waals surface area contributed by atoms with Crippen LogP contribution in [-0.4, -0.2) is 34.3 Å². The van der Waals surface area contributed by atoms with E-state index in [-0.39, 0.29) is 0 Å². The van der Waals surface area contributed by atoms with E-state index < -0.39 is 0 Å². The number of hydrogen-bond acceptors (Lipinski definition) is 7. The molecule has 2 aromatic rings. The van der Waals surface area contributed by atoms with Gasteiger partial charge in [0.05, 0.1) is 19.4 Å². The van der Waals surface area contributed by atoms with Crippen molar-refractivity contribution in [3.63, 3.8) is 0 Å². The van der Waals surface area contributed by atoms with E-state index in [2.05, 4.69) is 20.7 Å². The summed E-state index contributed by atoms with van der Waals surface area (Å²) in [7, 11) is 0. The second-order valence-corrected chi connectivity index (χ2v) is 4.38. The van der Waals surface area contributed by atoms with Gasteiger partial charge in [-0.2, -0.15) is 5.10 Å². The van der Waals surface area contributed by atoms with E-state index in [9.17, 15) is 0 Å². The number of benzene rings is 1. The number of hydrogen-bond donors (Lipinski definition) is 2. The van der Waals surface area contributed by atoms with Crippen molar-refractivity contribution in [1.82, 2.24) is 14.9 Å². The normalized spacial score (nSPS) is 10.9. The maximum absolute atomic E-state index is 5.72. The molecule has 0 aliphatic carbocycles. The van der Waals surface area contributed by atoms with Gasteiger partial charge >= 0.3 is 0 Å². The molecule has 1 aromatic carbocycles. The first-order chi connectivity index (χ1) is 10.7. The summed E-state index contributed by atoms with van der Waals surface area (Å²) in [6.45, 7) is 6.76. The zero-order valence-corrected chi connectivity index (χ0v) is 12.9. The van der Waals surface area contributed by atoms with Crippen LogP contribution in [0.15, 0.2) is 23.3 Å². The van der Waals surface area contributed by atoms with E-state index in [1.807, 2.05) is 32.0 Å². The van der Waals surface area contributed by atoms with Crippen molar-refractivity contribution < 1.29 is 9.47 Å². The highest BCUT2D eigenvalue weighted by molar-refractivity contribution is 5.81. The van der Waals surface area contributed by atoms with E-state index in [1.165, 1.54) is 4.68 Å². The Morgan fingerprint density at radius 2 is 1.95 bits per heavy atom. The Kier molecular flexibility index (Phi) is 5.18. The summed E-state index contributed by atoms with van der Waals surface area (Å²) in [4.78, 5) is 0. The first kappa shape index (κ1) is 15.6. The van der Waals surface area contributed by atoms with Gasteiger partial charge in [-0.25, -0.2) is 10.1 Å². The van der Waals surface area contributed by atoms with Gasteiger partial charge in [0.1, 0.15) is 0 Å². The summed E-state index contributed by atoms with van der Waals surface area (Å²) >= 11 is 0. The van der Waals surface area contributed by atoms with Gasteiger partial charge in [0.15, 0.2) is 17.3 Å². The molecule has 0 aliphatic rings. The number of aromatic nitrogens is 3. The van der Waals surface area contributed by atoms with Crippen LogP contribution in [0.5, 0.6) is 11.5 Å². The second kappa shape index (κ2) is 7.30. The third kappa shape index (κ3) is 3.66. The Hall–Kier alpha value is -2.77. The quantitative estimate of drug-likeness (QED) is 0.457. The third-order valence-corrected chi connectivity index (χ3v) is 2.81. The summed E-state index contributed by atoms with van der Waals surface area (Å²) in [5.74, 6) is 8.08. The average Bonchev–Trinajstić information content (AvgIpc) is 2.82. The maximum Gasteiger partial charge on any atom is 0.263 e. The number of nitrogen functional groups attached to an aromatic ring is 1. The molecule has 1 aromatic heterocycles. The highest BCUT2D eigenvalue weighted by Gasteiger charge is 2.06. The molecule has 0 aliphatic heterocycles. The smallest absolute Gasteiger partial charge is 0.263 e. The molecule has 0 spiro atoms. The SMILES string of the molecule is CCOc1ccc(/C=N/Nc2nnc(C)n2N)cc1OCC. The Labute approximate surface area is 128 Å². The molecule has 0 unspecified atom stereocenters. The summed E-state index contributed by atoms with van der Waals surface area (Å²) in [6, 6.07) is 5.60. The zero-order valence-electron chi connectivity index (χ0n) is 12.9.